The van der Waals surface area contributed by atoms with Crippen molar-refractivity contribution in [2.45, 2.75) is 51.6 Å². The third-order valence-electron chi connectivity index (χ3n) is 4.15. The van der Waals surface area contributed by atoms with Gasteiger partial charge in [0.25, 0.3) is 0 Å². The Bertz CT molecular complexity index is 431. The Morgan fingerprint density at radius 2 is 2.11 bits per heavy atom. The first-order valence-corrected chi connectivity index (χ1v) is 7.25. The Labute approximate surface area is 116 Å². The summed E-state index contributed by atoms with van der Waals surface area (Å²) < 4.78 is 5.50. The summed E-state index contributed by atoms with van der Waals surface area (Å²) in [6.45, 7) is 5.24. The molecule has 1 saturated carbocycles. The van der Waals surface area contributed by atoms with Crippen LogP contribution in [0.15, 0.2) is 12.1 Å². The number of nitrogens with two attached hydrogens (primary N) is 1. The Balaban J connectivity index is 1.95. The fraction of sp³-hybridized carbons (Fsp3) is 0.625. The minimum atomic E-state index is 0.334. The summed E-state index contributed by atoms with van der Waals surface area (Å²) >= 11 is 0. The van der Waals surface area contributed by atoms with Crippen LogP contribution in [0.25, 0.3) is 0 Å². The predicted octanol–water partition coefficient (Wildman–Crippen LogP) is 2.32. The highest BCUT2D eigenvalue weighted by Crippen LogP contribution is 2.24. The van der Waals surface area contributed by atoms with Gasteiger partial charge in [0.05, 0.1) is 7.11 Å². The van der Waals surface area contributed by atoms with Crippen molar-refractivity contribution < 1.29 is 4.74 Å². The molecule has 0 amide bonds. The minimum absolute atomic E-state index is 0.334. The van der Waals surface area contributed by atoms with Crippen LogP contribution in [-0.2, 0) is 6.42 Å². The molecule has 0 spiro atoms. The average molecular weight is 262 g/mol. The molecular weight excluding hydrogens is 236 g/mol. The Morgan fingerprint density at radius 3 is 2.74 bits per heavy atom. The van der Waals surface area contributed by atoms with Gasteiger partial charge in [0, 0.05) is 12.1 Å². The van der Waals surface area contributed by atoms with Crippen LogP contribution in [-0.4, -0.2) is 25.7 Å². The zero-order valence-corrected chi connectivity index (χ0v) is 12.3. The van der Waals surface area contributed by atoms with E-state index in [0.29, 0.717) is 12.1 Å². The van der Waals surface area contributed by atoms with Crippen molar-refractivity contribution >= 4 is 0 Å². The molecule has 1 aromatic rings. The van der Waals surface area contributed by atoms with Crippen molar-refractivity contribution in [3.63, 3.8) is 0 Å². The number of nitrogens with one attached hydrogen (secondary N) is 1. The van der Waals surface area contributed by atoms with Gasteiger partial charge >= 0.3 is 0 Å². The second kappa shape index (κ2) is 6.40. The van der Waals surface area contributed by atoms with E-state index in [2.05, 4.69) is 31.3 Å². The summed E-state index contributed by atoms with van der Waals surface area (Å²) in [5.74, 6) is 1.01. The Morgan fingerprint density at radius 1 is 1.32 bits per heavy atom. The maximum Gasteiger partial charge on any atom is 0.122 e. The van der Waals surface area contributed by atoms with Crippen LogP contribution >= 0.6 is 0 Å². The van der Waals surface area contributed by atoms with Gasteiger partial charge in [-0.05, 0) is 62.4 Å². The smallest absolute Gasteiger partial charge is 0.122 e. The zero-order valence-electron chi connectivity index (χ0n) is 12.3. The fourth-order valence-electron chi connectivity index (χ4n) is 3.09. The van der Waals surface area contributed by atoms with Gasteiger partial charge < -0.3 is 15.8 Å². The van der Waals surface area contributed by atoms with Gasteiger partial charge in [-0.2, -0.15) is 0 Å². The van der Waals surface area contributed by atoms with Gasteiger partial charge in [-0.3, -0.25) is 0 Å². The molecule has 1 fully saturated rings. The first-order chi connectivity index (χ1) is 9.11. The summed E-state index contributed by atoms with van der Waals surface area (Å²) in [6, 6.07) is 5.17. The van der Waals surface area contributed by atoms with E-state index in [1.807, 2.05) is 0 Å². The first-order valence-electron chi connectivity index (χ1n) is 7.25. The first kappa shape index (κ1) is 14.4. The lowest BCUT2D eigenvalue weighted by Gasteiger charge is -2.18. The molecule has 1 aliphatic rings. The van der Waals surface area contributed by atoms with Crippen LogP contribution in [0.4, 0.5) is 0 Å². The summed E-state index contributed by atoms with van der Waals surface area (Å²) in [7, 11) is 1.75. The largest absolute Gasteiger partial charge is 0.496 e. The number of benzene rings is 1. The normalized spacial score (nSPS) is 22.7. The van der Waals surface area contributed by atoms with Crippen molar-refractivity contribution in [3.05, 3.63) is 28.8 Å². The molecule has 0 heterocycles. The highest BCUT2D eigenvalue weighted by atomic mass is 16.5. The maximum atomic E-state index is 6.08. The Hall–Kier alpha value is -1.06. The van der Waals surface area contributed by atoms with E-state index in [4.69, 9.17) is 10.5 Å². The number of methoxy groups -OCH3 is 1. The molecule has 2 atom stereocenters. The van der Waals surface area contributed by atoms with Gasteiger partial charge in [-0.1, -0.05) is 12.5 Å². The molecule has 0 aromatic heterocycles. The lowest BCUT2D eigenvalue weighted by atomic mass is 10.0. The third-order valence-corrected chi connectivity index (χ3v) is 4.15. The van der Waals surface area contributed by atoms with Crippen molar-refractivity contribution in [2.75, 3.05) is 13.7 Å². The number of aryl methyl sites for hydroxylation is 2. The molecule has 0 bridgehead atoms. The van der Waals surface area contributed by atoms with Crippen molar-refractivity contribution in [1.82, 2.24) is 5.32 Å². The van der Waals surface area contributed by atoms with E-state index < -0.39 is 0 Å². The van der Waals surface area contributed by atoms with Crippen LogP contribution in [0.2, 0.25) is 0 Å². The summed E-state index contributed by atoms with van der Waals surface area (Å²) in [5, 5.41) is 3.59. The highest BCUT2D eigenvalue weighted by Gasteiger charge is 2.22. The lowest BCUT2D eigenvalue weighted by molar-refractivity contribution is 0.406. The van der Waals surface area contributed by atoms with Crippen molar-refractivity contribution in [3.8, 4) is 5.75 Å². The van der Waals surface area contributed by atoms with Crippen LogP contribution in [0.3, 0.4) is 0 Å². The molecule has 3 N–H and O–H groups in total. The van der Waals surface area contributed by atoms with Crippen molar-refractivity contribution in [2.24, 2.45) is 5.73 Å². The van der Waals surface area contributed by atoms with Crippen molar-refractivity contribution in [1.29, 1.82) is 0 Å². The van der Waals surface area contributed by atoms with E-state index in [0.717, 1.165) is 25.1 Å². The monoisotopic (exact) mass is 262 g/mol. The molecule has 0 saturated heterocycles. The summed E-state index contributed by atoms with van der Waals surface area (Å²) in [6.07, 6.45) is 4.62. The number of hydrogen-bond acceptors (Lipinski definition) is 3. The molecule has 19 heavy (non-hydrogen) atoms. The predicted molar refractivity (Wildman–Crippen MR) is 79.8 cm³/mol. The average Bonchev–Trinajstić information content (AvgIpc) is 2.77. The Kier molecular flexibility index (Phi) is 4.83. The van der Waals surface area contributed by atoms with E-state index in [1.165, 1.54) is 29.5 Å². The molecule has 0 aliphatic heterocycles. The number of ether oxygens (including phenoxy) is 1. The topological polar surface area (TPSA) is 47.3 Å². The second-order valence-electron chi connectivity index (χ2n) is 5.67. The van der Waals surface area contributed by atoms with Gasteiger partial charge in [0.15, 0.2) is 0 Å². The van der Waals surface area contributed by atoms with Crippen LogP contribution in [0.5, 0.6) is 5.75 Å². The maximum absolute atomic E-state index is 6.08. The summed E-state index contributed by atoms with van der Waals surface area (Å²) in [5.41, 5.74) is 9.96. The van der Waals surface area contributed by atoms with Gasteiger partial charge in [-0.25, -0.2) is 0 Å². The molecule has 1 aromatic carbocycles. The fourth-order valence-corrected chi connectivity index (χ4v) is 3.09. The molecule has 2 unspecified atom stereocenters. The SMILES string of the molecule is COc1cc(C)cc(C)c1CCNC1CCCC1N. The van der Waals surface area contributed by atoms with E-state index in [-0.39, 0.29) is 0 Å². The number of hydrogen-bond donors (Lipinski definition) is 2. The van der Waals surface area contributed by atoms with E-state index in [1.54, 1.807) is 7.11 Å². The third kappa shape index (κ3) is 3.48. The van der Waals surface area contributed by atoms with Crippen LogP contribution in [0, 0.1) is 13.8 Å². The van der Waals surface area contributed by atoms with E-state index in [9.17, 15) is 0 Å². The molecule has 3 heteroatoms. The van der Waals surface area contributed by atoms with Crippen LogP contribution < -0.4 is 15.8 Å². The molecule has 3 nitrogen and oxygen atoms in total. The van der Waals surface area contributed by atoms with Crippen LogP contribution in [0.1, 0.15) is 36.0 Å². The molecule has 1 aliphatic carbocycles. The van der Waals surface area contributed by atoms with Gasteiger partial charge in [0.2, 0.25) is 0 Å². The quantitative estimate of drug-likeness (QED) is 0.856. The highest BCUT2D eigenvalue weighted by molar-refractivity contribution is 5.43. The van der Waals surface area contributed by atoms with E-state index >= 15 is 0 Å². The standard InChI is InChI=1S/C16H26N2O/c1-11-9-12(2)13(16(10-11)19-3)7-8-18-15-6-4-5-14(15)17/h9-10,14-15,18H,4-8,17H2,1-3H3. The molecule has 2 rings (SSSR count). The second-order valence-corrected chi connectivity index (χ2v) is 5.67. The van der Waals surface area contributed by atoms with Gasteiger partial charge in [-0.15, -0.1) is 0 Å². The zero-order chi connectivity index (χ0) is 13.8. The number of rotatable bonds is 5. The molecular formula is C16H26N2O. The molecule has 106 valence electrons. The molecule has 0 radical (unpaired) electrons. The summed E-state index contributed by atoms with van der Waals surface area (Å²) in [4.78, 5) is 0. The van der Waals surface area contributed by atoms with Gasteiger partial charge in [0.1, 0.15) is 5.75 Å². The minimum Gasteiger partial charge on any atom is -0.496 e. The lowest BCUT2D eigenvalue weighted by Crippen LogP contribution is -2.41.